The van der Waals surface area contributed by atoms with Gasteiger partial charge in [-0.25, -0.2) is 4.98 Å². The maximum atomic E-state index is 11.8. The van der Waals surface area contributed by atoms with Crippen LogP contribution in [0.15, 0.2) is 5.38 Å². The number of nitrogens with one attached hydrogen (secondary N) is 3. The van der Waals surface area contributed by atoms with E-state index < -0.39 is 0 Å². The van der Waals surface area contributed by atoms with Crippen LogP contribution in [0.1, 0.15) is 30.3 Å². The first-order valence-corrected chi connectivity index (χ1v) is 7.25. The fraction of sp³-hybridized carbons (Fsp3) is 0.583. The van der Waals surface area contributed by atoms with Crippen molar-refractivity contribution in [2.24, 2.45) is 5.92 Å². The minimum atomic E-state index is -0.185. The van der Waals surface area contributed by atoms with Crippen LogP contribution in [0.2, 0.25) is 0 Å². The van der Waals surface area contributed by atoms with E-state index in [1.807, 2.05) is 0 Å². The van der Waals surface area contributed by atoms with E-state index in [0.29, 0.717) is 23.3 Å². The molecular formula is C12H18N4O2S. The Bertz CT molecular complexity index is 454. The quantitative estimate of drug-likeness (QED) is 0.747. The lowest BCUT2D eigenvalue weighted by atomic mass is 10.1. The highest BCUT2D eigenvalue weighted by Gasteiger charge is 2.15. The zero-order chi connectivity index (χ0) is 13.7. The zero-order valence-electron chi connectivity index (χ0n) is 10.9. The molecule has 3 N–H and O–H groups in total. The van der Waals surface area contributed by atoms with Crippen LogP contribution in [0.4, 0.5) is 5.13 Å². The summed E-state index contributed by atoms with van der Waals surface area (Å²) in [6, 6.07) is 0. The third-order valence-corrected chi connectivity index (χ3v) is 3.78. The molecular weight excluding hydrogens is 264 g/mol. The van der Waals surface area contributed by atoms with Crippen molar-refractivity contribution in [1.29, 1.82) is 0 Å². The summed E-state index contributed by atoms with van der Waals surface area (Å²) < 4.78 is 0. The third kappa shape index (κ3) is 4.29. The Balaban J connectivity index is 1.75. The van der Waals surface area contributed by atoms with Gasteiger partial charge in [-0.2, -0.15) is 0 Å². The first-order valence-electron chi connectivity index (χ1n) is 6.37. The molecule has 1 saturated heterocycles. The number of aromatic nitrogens is 1. The smallest absolute Gasteiger partial charge is 0.270 e. The van der Waals surface area contributed by atoms with Gasteiger partial charge in [0, 0.05) is 18.8 Å². The molecule has 0 aromatic carbocycles. The SMILES string of the molecule is CC(=O)Nc1nc(C(=O)NCCC2CCNC2)cs1. The predicted molar refractivity (Wildman–Crippen MR) is 74.3 cm³/mol. The molecule has 104 valence electrons. The number of nitrogens with zero attached hydrogens (tertiary/aromatic N) is 1. The Morgan fingerprint density at radius 2 is 2.42 bits per heavy atom. The van der Waals surface area contributed by atoms with Crippen LogP contribution < -0.4 is 16.0 Å². The fourth-order valence-corrected chi connectivity index (χ4v) is 2.76. The molecule has 7 heteroatoms. The van der Waals surface area contributed by atoms with E-state index in [4.69, 9.17) is 0 Å². The average Bonchev–Trinajstić information content (AvgIpc) is 2.99. The fourth-order valence-electron chi connectivity index (χ4n) is 2.03. The van der Waals surface area contributed by atoms with E-state index in [9.17, 15) is 9.59 Å². The number of hydrogen-bond acceptors (Lipinski definition) is 5. The lowest BCUT2D eigenvalue weighted by Gasteiger charge is -2.08. The Morgan fingerprint density at radius 3 is 3.11 bits per heavy atom. The standard InChI is InChI=1S/C12H18N4O2S/c1-8(17)15-12-16-10(7-19-12)11(18)14-5-3-9-2-4-13-6-9/h7,9,13H,2-6H2,1H3,(H,14,18)(H,15,16,17). The normalized spacial score (nSPS) is 18.3. The van der Waals surface area contributed by atoms with Crippen molar-refractivity contribution >= 4 is 28.3 Å². The second-order valence-electron chi connectivity index (χ2n) is 4.62. The summed E-state index contributed by atoms with van der Waals surface area (Å²) in [5.41, 5.74) is 0.360. The highest BCUT2D eigenvalue weighted by molar-refractivity contribution is 7.14. The summed E-state index contributed by atoms with van der Waals surface area (Å²) in [6.07, 6.45) is 2.17. The van der Waals surface area contributed by atoms with E-state index in [2.05, 4.69) is 20.9 Å². The Kier molecular flexibility index (Phi) is 4.86. The summed E-state index contributed by atoms with van der Waals surface area (Å²) in [7, 11) is 0. The minimum absolute atomic E-state index is 0.182. The Morgan fingerprint density at radius 1 is 1.58 bits per heavy atom. The van der Waals surface area contributed by atoms with Gasteiger partial charge in [0.1, 0.15) is 5.69 Å². The van der Waals surface area contributed by atoms with E-state index >= 15 is 0 Å². The molecule has 1 aromatic rings. The maximum Gasteiger partial charge on any atom is 0.270 e. The van der Waals surface area contributed by atoms with Crippen LogP contribution >= 0.6 is 11.3 Å². The number of amides is 2. The van der Waals surface area contributed by atoms with Crippen LogP contribution in [-0.2, 0) is 4.79 Å². The molecule has 1 unspecified atom stereocenters. The third-order valence-electron chi connectivity index (χ3n) is 3.02. The van der Waals surface area contributed by atoms with Crippen molar-refractivity contribution < 1.29 is 9.59 Å². The van der Waals surface area contributed by atoms with Crippen LogP contribution in [0.3, 0.4) is 0 Å². The van der Waals surface area contributed by atoms with Crippen molar-refractivity contribution in [2.45, 2.75) is 19.8 Å². The second-order valence-corrected chi connectivity index (χ2v) is 5.48. The van der Waals surface area contributed by atoms with Gasteiger partial charge in [-0.3, -0.25) is 9.59 Å². The molecule has 1 atom stereocenters. The monoisotopic (exact) mass is 282 g/mol. The number of thiazole rings is 1. The van der Waals surface area contributed by atoms with E-state index in [0.717, 1.165) is 19.5 Å². The highest BCUT2D eigenvalue weighted by atomic mass is 32.1. The number of anilines is 1. The van der Waals surface area contributed by atoms with Crippen LogP contribution in [0, 0.1) is 5.92 Å². The summed E-state index contributed by atoms with van der Waals surface area (Å²) in [5.74, 6) is 0.291. The van der Waals surface area contributed by atoms with Crippen LogP contribution in [0.25, 0.3) is 0 Å². The molecule has 19 heavy (non-hydrogen) atoms. The average molecular weight is 282 g/mol. The molecule has 1 aliphatic rings. The number of rotatable bonds is 5. The predicted octanol–water partition coefficient (Wildman–Crippen LogP) is 0.831. The molecule has 2 heterocycles. The van der Waals surface area contributed by atoms with Crippen LogP contribution in [-0.4, -0.2) is 36.4 Å². The molecule has 2 rings (SSSR count). The lowest BCUT2D eigenvalue weighted by molar-refractivity contribution is -0.114. The number of carbonyl (C=O) groups is 2. The molecule has 1 aromatic heterocycles. The van der Waals surface area contributed by atoms with Crippen molar-refractivity contribution in [3.63, 3.8) is 0 Å². The molecule has 1 aliphatic heterocycles. The number of carbonyl (C=O) groups excluding carboxylic acids is 2. The number of hydrogen-bond donors (Lipinski definition) is 3. The van der Waals surface area contributed by atoms with Gasteiger partial charge >= 0.3 is 0 Å². The van der Waals surface area contributed by atoms with Crippen molar-refractivity contribution in [3.8, 4) is 0 Å². The first-order chi connectivity index (χ1) is 9.15. The van der Waals surface area contributed by atoms with E-state index in [-0.39, 0.29) is 11.8 Å². The largest absolute Gasteiger partial charge is 0.351 e. The molecule has 0 radical (unpaired) electrons. The topological polar surface area (TPSA) is 83.1 Å². The maximum absolute atomic E-state index is 11.8. The van der Waals surface area contributed by atoms with Gasteiger partial charge in [0.2, 0.25) is 5.91 Å². The van der Waals surface area contributed by atoms with Gasteiger partial charge in [0.25, 0.3) is 5.91 Å². The van der Waals surface area contributed by atoms with Crippen molar-refractivity contribution in [1.82, 2.24) is 15.6 Å². The van der Waals surface area contributed by atoms with Gasteiger partial charge < -0.3 is 16.0 Å². The minimum Gasteiger partial charge on any atom is -0.351 e. The highest BCUT2D eigenvalue weighted by Crippen LogP contribution is 2.15. The summed E-state index contributed by atoms with van der Waals surface area (Å²) in [4.78, 5) is 26.7. The van der Waals surface area contributed by atoms with Crippen molar-refractivity contribution in [3.05, 3.63) is 11.1 Å². The van der Waals surface area contributed by atoms with Gasteiger partial charge in [-0.05, 0) is 31.8 Å². The second kappa shape index (κ2) is 6.63. The summed E-state index contributed by atoms with van der Waals surface area (Å²) >= 11 is 1.25. The molecule has 0 saturated carbocycles. The Labute approximate surface area is 116 Å². The molecule has 0 aliphatic carbocycles. The molecule has 0 bridgehead atoms. The van der Waals surface area contributed by atoms with Crippen LogP contribution in [0.5, 0.6) is 0 Å². The van der Waals surface area contributed by atoms with Gasteiger partial charge in [0.15, 0.2) is 5.13 Å². The van der Waals surface area contributed by atoms with Crippen molar-refractivity contribution in [2.75, 3.05) is 25.0 Å². The lowest BCUT2D eigenvalue weighted by Crippen LogP contribution is -2.26. The van der Waals surface area contributed by atoms with Gasteiger partial charge in [-0.1, -0.05) is 0 Å². The van der Waals surface area contributed by atoms with E-state index in [1.165, 1.54) is 24.7 Å². The zero-order valence-corrected chi connectivity index (χ0v) is 11.7. The first kappa shape index (κ1) is 14.0. The Hall–Kier alpha value is -1.47. The molecule has 2 amide bonds. The van der Waals surface area contributed by atoms with Gasteiger partial charge in [-0.15, -0.1) is 11.3 Å². The molecule has 6 nitrogen and oxygen atoms in total. The summed E-state index contributed by atoms with van der Waals surface area (Å²) in [5, 5.41) is 10.8. The molecule has 0 spiro atoms. The summed E-state index contributed by atoms with van der Waals surface area (Å²) in [6.45, 7) is 4.19. The van der Waals surface area contributed by atoms with Gasteiger partial charge in [0.05, 0.1) is 0 Å². The molecule has 1 fully saturated rings. The van der Waals surface area contributed by atoms with E-state index in [1.54, 1.807) is 5.38 Å².